The van der Waals surface area contributed by atoms with Crippen LogP contribution in [-0.4, -0.2) is 20.9 Å². The second-order valence-corrected chi connectivity index (χ2v) is 2.09. The van der Waals surface area contributed by atoms with Crippen LogP contribution < -0.4 is 5.73 Å². The molecule has 1 aromatic rings. The fraction of sp³-hybridized carbons (Fsp3) is 0.333. The van der Waals surface area contributed by atoms with Crippen molar-refractivity contribution in [3.8, 4) is 0 Å². The lowest BCUT2D eigenvalue weighted by atomic mass is 10.4. The zero-order valence-corrected chi connectivity index (χ0v) is 7.34. The van der Waals surface area contributed by atoms with Gasteiger partial charge in [-0.15, -0.1) is 12.4 Å². The van der Waals surface area contributed by atoms with Crippen LogP contribution in [0.5, 0.6) is 0 Å². The van der Waals surface area contributed by atoms with Gasteiger partial charge in [-0.3, -0.25) is 4.68 Å². The molecule has 1 heterocycles. The molecule has 1 rings (SSSR count). The van der Waals surface area contributed by atoms with Crippen molar-refractivity contribution in [2.75, 3.05) is 5.73 Å². The molecule has 0 amide bonds. The average Bonchev–Trinajstić information content (AvgIpc) is 2.30. The summed E-state index contributed by atoms with van der Waals surface area (Å²) in [4.78, 5) is 10.4. The van der Waals surface area contributed by atoms with E-state index in [0.29, 0.717) is 6.54 Å². The lowest BCUT2D eigenvalue weighted by Crippen LogP contribution is -2.02. The van der Waals surface area contributed by atoms with Crippen molar-refractivity contribution in [2.24, 2.45) is 0 Å². The Bertz CT molecular complexity index is 284. The van der Waals surface area contributed by atoms with Crippen LogP contribution in [0.1, 0.15) is 17.4 Å². The standard InChI is InChI=1S/C6H9N3O2.ClH/c1-2-9-3-4(7)5(8-9)6(10)11;/h3H,2,7H2,1H3,(H,10,11);1H. The van der Waals surface area contributed by atoms with Gasteiger partial charge in [0.2, 0.25) is 0 Å². The number of aryl methyl sites for hydroxylation is 1. The number of hydrogen-bond donors (Lipinski definition) is 2. The van der Waals surface area contributed by atoms with E-state index < -0.39 is 5.97 Å². The van der Waals surface area contributed by atoms with E-state index in [4.69, 9.17) is 10.8 Å². The summed E-state index contributed by atoms with van der Waals surface area (Å²) >= 11 is 0. The predicted octanol–water partition coefficient (Wildman–Crippen LogP) is 0.605. The molecule has 1 aromatic heterocycles. The number of aromatic carboxylic acids is 1. The summed E-state index contributed by atoms with van der Waals surface area (Å²) in [6, 6.07) is 0. The predicted molar refractivity (Wildman–Crippen MR) is 46.5 cm³/mol. The van der Waals surface area contributed by atoms with Gasteiger partial charge < -0.3 is 10.8 Å². The minimum absolute atomic E-state index is 0. The molecular weight excluding hydrogens is 182 g/mol. The van der Waals surface area contributed by atoms with Crippen LogP contribution in [0, 0.1) is 0 Å². The molecule has 0 atom stereocenters. The molecule has 0 spiro atoms. The molecule has 0 aliphatic rings. The highest BCUT2D eigenvalue weighted by Crippen LogP contribution is 2.07. The van der Waals surface area contributed by atoms with Crippen molar-refractivity contribution in [1.82, 2.24) is 9.78 Å². The van der Waals surface area contributed by atoms with Crippen molar-refractivity contribution in [1.29, 1.82) is 0 Å². The third-order valence-corrected chi connectivity index (χ3v) is 1.32. The SMILES string of the molecule is CCn1cc(N)c(C(=O)O)n1.Cl. The van der Waals surface area contributed by atoms with E-state index in [1.807, 2.05) is 6.92 Å². The highest BCUT2D eigenvalue weighted by Gasteiger charge is 2.11. The van der Waals surface area contributed by atoms with Crippen LogP contribution in [-0.2, 0) is 6.54 Å². The summed E-state index contributed by atoms with van der Waals surface area (Å²) in [5.41, 5.74) is 5.48. The molecule has 0 saturated carbocycles. The Hall–Kier alpha value is -1.23. The molecule has 6 heteroatoms. The van der Waals surface area contributed by atoms with Gasteiger partial charge in [0.15, 0.2) is 5.69 Å². The van der Waals surface area contributed by atoms with E-state index in [2.05, 4.69) is 5.10 Å². The van der Waals surface area contributed by atoms with Gasteiger partial charge in [-0.1, -0.05) is 0 Å². The van der Waals surface area contributed by atoms with Gasteiger partial charge in [-0.05, 0) is 6.92 Å². The summed E-state index contributed by atoms with van der Waals surface area (Å²) in [7, 11) is 0. The average molecular weight is 192 g/mol. The van der Waals surface area contributed by atoms with Gasteiger partial charge >= 0.3 is 5.97 Å². The number of aromatic nitrogens is 2. The van der Waals surface area contributed by atoms with Crippen molar-refractivity contribution in [3.05, 3.63) is 11.9 Å². The number of carboxylic acids is 1. The summed E-state index contributed by atoms with van der Waals surface area (Å²) in [6.07, 6.45) is 1.50. The number of nitrogen functional groups attached to an aromatic ring is 1. The van der Waals surface area contributed by atoms with Gasteiger partial charge in [0, 0.05) is 12.7 Å². The molecule has 0 unspecified atom stereocenters. The number of carboxylic acid groups (broad SMARTS) is 1. The third kappa shape index (κ3) is 1.88. The topological polar surface area (TPSA) is 81.1 Å². The first kappa shape index (κ1) is 10.8. The minimum atomic E-state index is -1.09. The van der Waals surface area contributed by atoms with Gasteiger partial charge in [0.25, 0.3) is 0 Å². The monoisotopic (exact) mass is 191 g/mol. The van der Waals surface area contributed by atoms with Crippen molar-refractivity contribution >= 4 is 24.1 Å². The van der Waals surface area contributed by atoms with Crippen molar-refractivity contribution in [2.45, 2.75) is 13.5 Å². The second-order valence-electron chi connectivity index (χ2n) is 2.09. The first-order valence-corrected chi connectivity index (χ1v) is 3.21. The van der Waals surface area contributed by atoms with Crippen LogP contribution >= 0.6 is 12.4 Å². The normalized spacial score (nSPS) is 9.08. The Morgan fingerprint density at radius 3 is 2.67 bits per heavy atom. The number of nitrogens with zero attached hydrogens (tertiary/aromatic N) is 2. The molecule has 0 aliphatic heterocycles. The fourth-order valence-electron chi connectivity index (χ4n) is 0.765. The van der Waals surface area contributed by atoms with E-state index in [0.717, 1.165) is 0 Å². The lowest BCUT2D eigenvalue weighted by molar-refractivity contribution is 0.0690. The van der Waals surface area contributed by atoms with Crippen LogP contribution in [0.25, 0.3) is 0 Å². The van der Waals surface area contributed by atoms with E-state index in [9.17, 15) is 4.79 Å². The van der Waals surface area contributed by atoms with Gasteiger partial charge in [-0.25, -0.2) is 4.79 Å². The van der Waals surface area contributed by atoms with Gasteiger partial charge in [0.05, 0.1) is 5.69 Å². The molecule has 5 nitrogen and oxygen atoms in total. The Balaban J connectivity index is 0.00000121. The van der Waals surface area contributed by atoms with Crippen LogP contribution in [0.2, 0.25) is 0 Å². The molecule has 0 aliphatic carbocycles. The van der Waals surface area contributed by atoms with E-state index >= 15 is 0 Å². The van der Waals surface area contributed by atoms with Crippen molar-refractivity contribution < 1.29 is 9.90 Å². The smallest absolute Gasteiger partial charge is 0.358 e. The number of carbonyl (C=O) groups is 1. The Kier molecular flexibility index (Phi) is 3.56. The molecule has 12 heavy (non-hydrogen) atoms. The van der Waals surface area contributed by atoms with Gasteiger partial charge in [-0.2, -0.15) is 5.10 Å². The molecule has 0 saturated heterocycles. The van der Waals surface area contributed by atoms with E-state index in [-0.39, 0.29) is 23.8 Å². The van der Waals surface area contributed by atoms with Gasteiger partial charge in [0.1, 0.15) is 0 Å². The fourth-order valence-corrected chi connectivity index (χ4v) is 0.765. The highest BCUT2D eigenvalue weighted by atomic mass is 35.5. The Labute approximate surface area is 75.6 Å². The summed E-state index contributed by atoms with van der Waals surface area (Å²) in [5.74, 6) is -1.09. The molecule has 0 aromatic carbocycles. The number of hydrogen-bond acceptors (Lipinski definition) is 3. The molecule has 0 fully saturated rings. The summed E-state index contributed by atoms with van der Waals surface area (Å²) in [5, 5.41) is 12.2. The zero-order valence-electron chi connectivity index (χ0n) is 6.52. The minimum Gasteiger partial charge on any atom is -0.476 e. The van der Waals surface area contributed by atoms with Crippen LogP contribution in [0.3, 0.4) is 0 Å². The number of halogens is 1. The molecular formula is C6H10ClN3O2. The largest absolute Gasteiger partial charge is 0.476 e. The molecule has 3 N–H and O–H groups in total. The first-order chi connectivity index (χ1) is 5.15. The quantitative estimate of drug-likeness (QED) is 0.718. The summed E-state index contributed by atoms with van der Waals surface area (Å²) < 4.78 is 1.48. The number of anilines is 1. The maximum atomic E-state index is 10.4. The molecule has 0 radical (unpaired) electrons. The summed E-state index contributed by atoms with van der Waals surface area (Å²) in [6.45, 7) is 2.48. The maximum Gasteiger partial charge on any atom is 0.358 e. The lowest BCUT2D eigenvalue weighted by Gasteiger charge is -1.89. The van der Waals surface area contributed by atoms with E-state index in [1.54, 1.807) is 0 Å². The van der Waals surface area contributed by atoms with Crippen molar-refractivity contribution in [3.63, 3.8) is 0 Å². The maximum absolute atomic E-state index is 10.4. The zero-order chi connectivity index (χ0) is 8.43. The van der Waals surface area contributed by atoms with Crippen LogP contribution in [0.15, 0.2) is 6.20 Å². The Morgan fingerprint density at radius 1 is 1.83 bits per heavy atom. The highest BCUT2D eigenvalue weighted by molar-refractivity contribution is 5.91. The number of rotatable bonds is 2. The third-order valence-electron chi connectivity index (χ3n) is 1.32. The molecule has 0 bridgehead atoms. The molecule has 68 valence electrons. The second kappa shape index (κ2) is 3.96. The first-order valence-electron chi connectivity index (χ1n) is 3.21. The van der Waals surface area contributed by atoms with Crippen LogP contribution in [0.4, 0.5) is 5.69 Å². The van der Waals surface area contributed by atoms with E-state index in [1.165, 1.54) is 10.9 Å². The number of nitrogens with two attached hydrogens (primary N) is 1. The Morgan fingerprint density at radius 2 is 2.42 bits per heavy atom.